The zero-order valence-electron chi connectivity index (χ0n) is 19.1. The average molecular weight is 446 g/mol. The van der Waals surface area contributed by atoms with Crippen molar-refractivity contribution < 1.29 is 14.3 Å². The molecule has 168 valence electrons. The number of benzene rings is 1. The zero-order chi connectivity index (χ0) is 22.5. The third-order valence-electron chi connectivity index (χ3n) is 5.27. The Kier molecular flexibility index (Phi) is 7.50. The van der Waals surface area contributed by atoms with E-state index in [2.05, 4.69) is 23.8 Å². The van der Waals surface area contributed by atoms with Crippen LogP contribution >= 0.6 is 11.3 Å². The van der Waals surface area contributed by atoms with E-state index in [0.29, 0.717) is 34.4 Å². The smallest absolute Gasteiger partial charge is 0.280 e. The minimum Gasteiger partial charge on any atom is -0.495 e. The number of amides is 1. The van der Waals surface area contributed by atoms with Crippen molar-refractivity contribution >= 4 is 32.6 Å². The molecule has 0 N–H and O–H groups in total. The van der Waals surface area contributed by atoms with Crippen molar-refractivity contribution in [3.8, 4) is 11.5 Å². The Balaban J connectivity index is 2.03. The molecule has 31 heavy (non-hydrogen) atoms. The monoisotopic (exact) mass is 445 g/mol. The van der Waals surface area contributed by atoms with E-state index in [1.54, 1.807) is 29.9 Å². The van der Waals surface area contributed by atoms with Gasteiger partial charge in [0.05, 0.1) is 14.2 Å². The van der Waals surface area contributed by atoms with Gasteiger partial charge >= 0.3 is 0 Å². The summed E-state index contributed by atoms with van der Waals surface area (Å²) < 4.78 is 13.6. The summed E-state index contributed by atoms with van der Waals surface area (Å²) in [6.07, 6.45) is 1.84. The minimum absolute atomic E-state index is 0.163. The van der Waals surface area contributed by atoms with Crippen LogP contribution in [0.5, 0.6) is 11.5 Å². The first kappa shape index (κ1) is 23.0. The minimum atomic E-state index is -0.163. The predicted molar refractivity (Wildman–Crippen MR) is 125 cm³/mol. The standard InChI is InChI=1S/C22H31N5O3S/c1-7-25(8-2)13-14-26(21(28)16-11-12-27(24-16)15(3)4)22-23-19-17(29-5)9-10-18(30-6)20(19)31-22/h9-12,15H,7-8,13-14H2,1-6H3. The van der Waals surface area contributed by atoms with Gasteiger partial charge in [0, 0.05) is 25.3 Å². The van der Waals surface area contributed by atoms with Gasteiger partial charge in [0.2, 0.25) is 0 Å². The Labute approximate surface area is 187 Å². The Morgan fingerprint density at radius 3 is 2.35 bits per heavy atom. The van der Waals surface area contributed by atoms with Crippen LogP contribution in [0.25, 0.3) is 10.2 Å². The molecule has 1 aromatic carbocycles. The van der Waals surface area contributed by atoms with E-state index in [4.69, 9.17) is 14.5 Å². The van der Waals surface area contributed by atoms with Crippen LogP contribution in [-0.4, -0.2) is 66.0 Å². The van der Waals surface area contributed by atoms with E-state index in [-0.39, 0.29) is 11.9 Å². The number of carbonyl (C=O) groups is 1. The molecular weight excluding hydrogens is 414 g/mol. The molecule has 0 saturated heterocycles. The van der Waals surface area contributed by atoms with Gasteiger partial charge in [-0.15, -0.1) is 0 Å². The van der Waals surface area contributed by atoms with Gasteiger partial charge in [0.15, 0.2) is 10.8 Å². The van der Waals surface area contributed by atoms with Crippen molar-refractivity contribution in [1.82, 2.24) is 19.7 Å². The van der Waals surface area contributed by atoms with E-state index in [0.717, 1.165) is 24.3 Å². The number of rotatable bonds is 10. The summed E-state index contributed by atoms with van der Waals surface area (Å²) in [5, 5.41) is 5.09. The highest BCUT2D eigenvalue weighted by Gasteiger charge is 2.25. The Morgan fingerprint density at radius 1 is 1.10 bits per heavy atom. The summed E-state index contributed by atoms with van der Waals surface area (Å²) in [7, 11) is 3.24. The summed E-state index contributed by atoms with van der Waals surface area (Å²) in [6.45, 7) is 11.4. The third-order valence-corrected chi connectivity index (χ3v) is 6.36. The second-order valence-electron chi connectivity index (χ2n) is 7.40. The summed E-state index contributed by atoms with van der Waals surface area (Å²) in [5.41, 5.74) is 1.10. The lowest BCUT2D eigenvalue weighted by molar-refractivity contribution is 0.0978. The van der Waals surface area contributed by atoms with Crippen LogP contribution in [0.2, 0.25) is 0 Å². The summed E-state index contributed by atoms with van der Waals surface area (Å²) in [5.74, 6) is 1.20. The summed E-state index contributed by atoms with van der Waals surface area (Å²) in [4.78, 5) is 22.3. The van der Waals surface area contributed by atoms with Crippen molar-refractivity contribution in [1.29, 1.82) is 0 Å². The van der Waals surface area contributed by atoms with Crippen LogP contribution in [-0.2, 0) is 0 Å². The number of anilines is 1. The highest BCUT2D eigenvalue weighted by atomic mass is 32.1. The highest BCUT2D eigenvalue weighted by Crippen LogP contribution is 2.40. The molecule has 0 radical (unpaired) electrons. The molecule has 0 atom stereocenters. The maximum atomic E-state index is 13.5. The van der Waals surface area contributed by atoms with Gasteiger partial charge in [0.1, 0.15) is 21.7 Å². The first-order valence-corrected chi connectivity index (χ1v) is 11.4. The number of thiazole rings is 1. The number of hydrogen-bond donors (Lipinski definition) is 0. The molecule has 0 aliphatic heterocycles. The maximum absolute atomic E-state index is 13.5. The second-order valence-corrected chi connectivity index (χ2v) is 8.38. The van der Waals surface area contributed by atoms with Crippen LogP contribution in [0.3, 0.4) is 0 Å². The number of likely N-dealkylation sites (N-methyl/N-ethyl adjacent to an activating group) is 1. The first-order chi connectivity index (χ1) is 14.9. The molecular formula is C22H31N5O3S. The number of ether oxygens (including phenoxy) is 2. The third kappa shape index (κ3) is 4.83. The largest absolute Gasteiger partial charge is 0.495 e. The van der Waals surface area contributed by atoms with Crippen LogP contribution in [0.15, 0.2) is 24.4 Å². The molecule has 3 aromatic rings. The number of aromatic nitrogens is 3. The number of methoxy groups -OCH3 is 2. The van der Waals surface area contributed by atoms with Crippen LogP contribution in [0, 0.1) is 0 Å². The molecule has 8 nitrogen and oxygen atoms in total. The molecule has 0 bridgehead atoms. The molecule has 2 heterocycles. The number of carbonyl (C=O) groups excluding carboxylic acids is 1. The lowest BCUT2D eigenvalue weighted by atomic mass is 10.3. The molecule has 1 amide bonds. The van der Waals surface area contributed by atoms with Crippen molar-refractivity contribution in [2.24, 2.45) is 0 Å². The number of hydrogen-bond acceptors (Lipinski definition) is 7. The van der Waals surface area contributed by atoms with Crippen LogP contribution < -0.4 is 14.4 Å². The lowest BCUT2D eigenvalue weighted by Gasteiger charge is -2.24. The molecule has 0 aliphatic rings. The molecule has 0 unspecified atom stereocenters. The molecule has 0 saturated carbocycles. The van der Waals surface area contributed by atoms with E-state index >= 15 is 0 Å². The Morgan fingerprint density at radius 2 is 1.77 bits per heavy atom. The van der Waals surface area contributed by atoms with Gasteiger partial charge in [0.25, 0.3) is 5.91 Å². The summed E-state index contributed by atoms with van der Waals surface area (Å²) >= 11 is 1.42. The first-order valence-electron chi connectivity index (χ1n) is 10.5. The van der Waals surface area contributed by atoms with Gasteiger partial charge in [-0.1, -0.05) is 25.2 Å². The fourth-order valence-corrected chi connectivity index (χ4v) is 4.43. The average Bonchev–Trinajstić information content (AvgIpc) is 3.43. The predicted octanol–water partition coefficient (Wildman–Crippen LogP) is 4.08. The maximum Gasteiger partial charge on any atom is 0.280 e. The number of fused-ring (bicyclic) bond motifs is 1. The fraction of sp³-hybridized carbons (Fsp3) is 0.500. The van der Waals surface area contributed by atoms with Crippen molar-refractivity contribution in [2.45, 2.75) is 33.7 Å². The van der Waals surface area contributed by atoms with Crippen LogP contribution in [0.1, 0.15) is 44.2 Å². The van der Waals surface area contributed by atoms with Crippen molar-refractivity contribution in [2.75, 3.05) is 45.3 Å². The van der Waals surface area contributed by atoms with Crippen molar-refractivity contribution in [3.63, 3.8) is 0 Å². The quantitative estimate of drug-likeness (QED) is 0.468. The molecule has 0 aliphatic carbocycles. The fourth-order valence-electron chi connectivity index (χ4n) is 3.33. The molecule has 9 heteroatoms. The molecule has 3 rings (SSSR count). The highest BCUT2D eigenvalue weighted by molar-refractivity contribution is 7.22. The van der Waals surface area contributed by atoms with E-state index in [1.807, 2.05) is 32.2 Å². The van der Waals surface area contributed by atoms with Gasteiger partial charge < -0.3 is 14.4 Å². The normalized spacial score (nSPS) is 11.5. The SMILES string of the molecule is CCN(CC)CCN(C(=O)c1ccn(C(C)C)n1)c1nc2c(OC)ccc(OC)c2s1. The van der Waals surface area contributed by atoms with E-state index in [1.165, 1.54) is 11.3 Å². The topological polar surface area (TPSA) is 72.7 Å². The number of nitrogens with zero attached hydrogens (tertiary/aromatic N) is 5. The Hall–Kier alpha value is -2.65. The second kappa shape index (κ2) is 10.1. The van der Waals surface area contributed by atoms with Gasteiger partial charge in [-0.25, -0.2) is 4.98 Å². The molecule has 0 fully saturated rings. The molecule has 2 aromatic heterocycles. The van der Waals surface area contributed by atoms with Gasteiger partial charge in [-0.2, -0.15) is 5.10 Å². The molecule has 0 spiro atoms. The van der Waals surface area contributed by atoms with Crippen LogP contribution in [0.4, 0.5) is 5.13 Å². The lowest BCUT2D eigenvalue weighted by Crippen LogP contribution is -2.39. The van der Waals surface area contributed by atoms with E-state index < -0.39 is 0 Å². The Bertz CT molecular complexity index is 985. The zero-order valence-corrected chi connectivity index (χ0v) is 19.9. The van der Waals surface area contributed by atoms with E-state index in [9.17, 15) is 4.79 Å². The van der Waals surface area contributed by atoms with Gasteiger partial charge in [-0.05, 0) is 45.1 Å². The van der Waals surface area contributed by atoms with Crippen molar-refractivity contribution in [3.05, 3.63) is 30.1 Å². The summed E-state index contributed by atoms with van der Waals surface area (Å²) in [6, 6.07) is 5.63. The van der Waals surface area contributed by atoms with Gasteiger partial charge in [-0.3, -0.25) is 14.4 Å².